The van der Waals surface area contributed by atoms with Crippen molar-refractivity contribution in [3.8, 4) is 5.75 Å². The average Bonchev–Trinajstić information content (AvgIpc) is 2.79. The molecular formula is C25H28N2O7. The van der Waals surface area contributed by atoms with Crippen molar-refractivity contribution in [2.24, 2.45) is 17.6 Å². The fourth-order valence-electron chi connectivity index (χ4n) is 6.71. The lowest BCUT2D eigenvalue weighted by atomic mass is 9.54. The van der Waals surface area contributed by atoms with Crippen LogP contribution in [0.3, 0.4) is 0 Å². The number of allylic oxidation sites excluding steroid dienone is 1. The van der Waals surface area contributed by atoms with Gasteiger partial charge in [-0.2, -0.15) is 0 Å². The first-order valence-corrected chi connectivity index (χ1v) is 11.6. The molecule has 180 valence electrons. The number of ketones is 2. The van der Waals surface area contributed by atoms with Gasteiger partial charge in [0, 0.05) is 11.5 Å². The molecule has 0 aliphatic heterocycles. The summed E-state index contributed by atoms with van der Waals surface area (Å²) in [5.74, 6) is -6.36. The highest BCUT2D eigenvalue weighted by Gasteiger charge is 2.64. The van der Waals surface area contributed by atoms with Crippen LogP contribution in [0, 0.1) is 11.8 Å². The SMILES string of the molecule is CCN(C)[C@@H]1C(O)=C(C(N)=O)C(=O)[C@@]2(O)C(O)=C3C(=O)c4c(O)ccc5c4[C@H](CCC5)[C@H]3C[C@@H]12. The van der Waals surface area contributed by atoms with Crippen molar-refractivity contribution in [3.63, 3.8) is 0 Å². The van der Waals surface area contributed by atoms with Crippen molar-refractivity contribution in [1.29, 1.82) is 0 Å². The number of carbonyl (C=O) groups is 3. The smallest absolute Gasteiger partial charge is 0.255 e. The van der Waals surface area contributed by atoms with Gasteiger partial charge in [0.15, 0.2) is 11.4 Å². The molecule has 4 aliphatic carbocycles. The van der Waals surface area contributed by atoms with Crippen molar-refractivity contribution in [1.82, 2.24) is 4.90 Å². The Bertz CT molecular complexity index is 1220. The first-order valence-electron chi connectivity index (χ1n) is 11.6. The van der Waals surface area contributed by atoms with Crippen molar-refractivity contribution in [2.75, 3.05) is 13.6 Å². The van der Waals surface area contributed by atoms with E-state index >= 15 is 0 Å². The van der Waals surface area contributed by atoms with E-state index in [1.165, 1.54) is 6.07 Å². The van der Waals surface area contributed by atoms with E-state index in [0.29, 0.717) is 13.0 Å². The summed E-state index contributed by atoms with van der Waals surface area (Å²) in [7, 11) is 1.67. The van der Waals surface area contributed by atoms with Gasteiger partial charge in [-0.1, -0.05) is 13.0 Å². The number of hydrogen-bond donors (Lipinski definition) is 5. The van der Waals surface area contributed by atoms with Gasteiger partial charge in [0.1, 0.15) is 22.8 Å². The van der Waals surface area contributed by atoms with Gasteiger partial charge in [-0.15, -0.1) is 0 Å². The molecule has 0 aromatic heterocycles. The number of amides is 1. The number of likely N-dealkylation sites (N-methyl/N-ethyl adjacent to an activating group) is 1. The van der Waals surface area contributed by atoms with Crippen LogP contribution in [0.25, 0.3) is 0 Å². The Morgan fingerprint density at radius 2 is 1.91 bits per heavy atom. The van der Waals surface area contributed by atoms with Crippen LogP contribution in [0.15, 0.2) is 34.8 Å². The second kappa shape index (κ2) is 7.41. The van der Waals surface area contributed by atoms with Crippen molar-refractivity contribution < 1.29 is 34.8 Å². The lowest BCUT2D eigenvalue weighted by Gasteiger charge is -2.52. The second-order valence-electron chi connectivity index (χ2n) is 9.81. The van der Waals surface area contributed by atoms with Gasteiger partial charge in [0.25, 0.3) is 5.91 Å². The maximum atomic E-state index is 13.6. The highest BCUT2D eigenvalue weighted by molar-refractivity contribution is 6.24. The van der Waals surface area contributed by atoms with E-state index in [1.807, 2.05) is 13.0 Å². The summed E-state index contributed by atoms with van der Waals surface area (Å²) in [4.78, 5) is 40.8. The van der Waals surface area contributed by atoms with Gasteiger partial charge in [-0.25, -0.2) is 0 Å². The Kier molecular flexibility index (Phi) is 4.93. The number of phenols is 1. The Hall–Kier alpha value is -3.17. The molecule has 9 nitrogen and oxygen atoms in total. The minimum absolute atomic E-state index is 0.0982. The summed E-state index contributed by atoms with van der Waals surface area (Å²) < 4.78 is 0. The first kappa shape index (κ1) is 22.6. The van der Waals surface area contributed by atoms with Crippen LogP contribution in [0.1, 0.15) is 53.6 Å². The molecule has 0 fully saturated rings. The number of Topliss-reactive ketones (excluding diaryl/α,β-unsaturated/α-hetero) is 2. The number of carbonyl (C=O) groups excluding carboxylic acids is 3. The normalized spacial score (nSPS) is 32.5. The molecule has 1 aromatic carbocycles. The Morgan fingerprint density at radius 1 is 1.21 bits per heavy atom. The molecule has 0 spiro atoms. The number of benzene rings is 1. The molecule has 9 heteroatoms. The molecule has 0 unspecified atom stereocenters. The van der Waals surface area contributed by atoms with Crippen molar-refractivity contribution in [3.05, 3.63) is 51.5 Å². The number of fused-ring (bicyclic) bond motifs is 3. The van der Waals surface area contributed by atoms with Crippen LogP contribution in [0.2, 0.25) is 0 Å². The minimum atomic E-state index is -2.61. The molecule has 1 aromatic rings. The highest BCUT2D eigenvalue weighted by Crippen LogP contribution is 2.57. The van der Waals surface area contributed by atoms with Gasteiger partial charge in [-0.05, 0) is 68.3 Å². The Labute approximate surface area is 196 Å². The van der Waals surface area contributed by atoms with E-state index in [9.17, 15) is 34.8 Å². The standard InChI is InChI=1S/C25H28N2O7/c1-3-27(2)19-13-9-12-11-6-4-5-10-7-8-14(28)17(15(10)11)20(29)16(12)22(31)25(13,34)23(32)18(21(19)30)24(26)33/h7-8,11-13,19,28,30-31,34H,3-6,9H2,1-2H3,(H2,26,33)/t11-,12-,13+,19+,25+/m1/s1. The summed E-state index contributed by atoms with van der Waals surface area (Å²) in [6.07, 6.45) is 2.45. The van der Waals surface area contributed by atoms with Crippen molar-refractivity contribution >= 4 is 17.5 Å². The second-order valence-corrected chi connectivity index (χ2v) is 9.81. The highest BCUT2D eigenvalue weighted by atomic mass is 16.3. The van der Waals surface area contributed by atoms with Gasteiger partial charge < -0.3 is 26.2 Å². The summed E-state index contributed by atoms with van der Waals surface area (Å²) >= 11 is 0. The van der Waals surface area contributed by atoms with Gasteiger partial charge in [-0.3, -0.25) is 19.3 Å². The van der Waals surface area contributed by atoms with Crippen LogP contribution >= 0.6 is 0 Å². The number of rotatable bonds is 3. The molecule has 34 heavy (non-hydrogen) atoms. The molecule has 0 heterocycles. The molecule has 0 radical (unpaired) electrons. The number of nitrogens with two attached hydrogens (primary N) is 1. The number of phenolic OH excluding ortho intramolecular Hbond substituents is 1. The number of nitrogens with zero attached hydrogens (tertiary/aromatic N) is 1. The molecule has 0 bridgehead atoms. The summed E-state index contributed by atoms with van der Waals surface area (Å²) in [6, 6.07) is 2.30. The fourth-order valence-corrected chi connectivity index (χ4v) is 6.71. The summed E-state index contributed by atoms with van der Waals surface area (Å²) in [5, 5.41) is 44.6. The van der Waals surface area contributed by atoms with E-state index in [4.69, 9.17) is 5.73 Å². The molecule has 1 amide bonds. The van der Waals surface area contributed by atoms with E-state index < -0.39 is 58.0 Å². The summed E-state index contributed by atoms with van der Waals surface area (Å²) in [6.45, 7) is 2.22. The topological polar surface area (TPSA) is 161 Å². The lowest BCUT2D eigenvalue weighted by Crippen LogP contribution is -2.64. The number of aryl methyl sites for hydroxylation is 1. The van der Waals surface area contributed by atoms with Crippen LogP contribution < -0.4 is 5.73 Å². The van der Waals surface area contributed by atoms with Gasteiger partial charge >= 0.3 is 0 Å². The Morgan fingerprint density at radius 3 is 2.56 bits per heavy atom. The monoisotopic (exact) mass is 468 g/mol. The van der Waals surface area contributed by atoms with Crippen molar-refractivity contribution in [2.45, 2.75) is 50.2 Å². The maximum absolute atomic E-state index is 13.6. The predicted octanol–water partition coefficient (Wildman–Crippen LogP) is 1.39. The van der Waals surface area contributed by atoms with E-state index in [-0.39, 0.29) is 29.2 Å². The third-order valence-electron chi connectivity index (χ3n) is 8.35. The maximum Gasteiger partial charge on any atom is 0.255 e. The number of hydrogen-bond acceptors (Lipinski definition) is 8. The zero-order valence-electron chi connectivity index (χ0n) is 19.0. The van der Waals surface area contributed by atoms with Crippen LogP contribution in [0.5, 0.6) is 5.75 Å². The zero-order chi connectivity index (χ0) is 24.7. The van der Waals surface area contributed by atoms with E-state index in [1.54, 1.807) is 11.9 Å². The quantitative estimate of drug-likeness (QED) is 0.416. The molecule has 5 atom stereocenters. The fraction of sp³-hybridized carbons (Fsp3) is 0.480. The molecule has 5 rings (SSSR count). The predicted molar refractivity (Wildman–Crippen MR) is 120 cm³/mol. The number of aromatic hydroxyl groups is 1. The van der Waals surface area contributed by atoms with E-state index in [2.05, 4.69) is 0 Å². The number of aliphatic hydroxyl groups is 3. The lowest BCUT2D eigenvalue weighted by molar-refractivity contribution is -0.149. The van der Waals surface area contributed by atoms with Gasteiger partial charge in [0.05, 0.1) is 11.6 Å². The molecule has 6 N–H and O–H groups in total. The third-order valence-corrected chi connectivity index (χ3v) is 8.35. The first-order chi connectivity index (χ1) is 16.0. The van der Waals surface area contributed by atoms with Crippen LogP contribution in [0.4, 0.5) is 0 Å². The molecule has 4 aliphatic rings. The number of aliphatic hydroxyl groups excluding tert-OH is 2. The minimum Gasteiger partial charge on any atom is -0.510 e. The zero-order valence-corrected chi connectivity index (χ0v) is 19.0. The molecule has 0 saturated carbocycles. The van der Waals surface area contributed by atoms with Crippen LogP contribution in [-0.4, -0.2) is 68.0 Å². The summed E-state index contributed by atoms with van der Waals surface area (Å²) in [5.41, 5.74) is 3.73. The molecular weight excluding hydrogens is 440 g/mol. The Balaban J connectivity index is 1.78. The van der Waals surface area contributed by atoms with E-state index in [0.717, 1.165) is 24.0 Å². The molecule has 0 saturated heterocycles. The third kappa shape index (κ3) is 2.65. The van der Waals surface area contributed by atoms with Gasteiger partial charge in [0.2, 0.25) is 5.78 Å². The average molecular weight is 469 g/mol. The number of primary amides is 1. The van der Waals surface area contributed by atoms with Crippen LogP contribution in [-0.2, 0) is 16.0 Å². The largest absolute Gasteiger partial charge is 0.510 e.